The van der Waals surface area contributed by atoms with Crippen LogP contribution in [0.25, 0.3) is 10.2 Å². The molecular weight excluding hydrogens is 370 g/mol. The molecule has 0 saturated carbocycles. The van der Waals surface area contributed by atoms with Crippen LogP contribution in [0.15, 0.2) is 17.7 Å². The number of hydrogen-bond donors (Lipinski definition) is 0. The van der Waals surface area contributed by atoms with Gasteiger partial charge in [0.2, 0.25) is 5.28 Å². The van der Waals surface area contributed by atoms with Gasteiger partial charge in [-0.25, -0.2) is 4.98 Å². The smallest absolute Gasteiger partial charge is 0.285 e. The zero-order chi connectivity index (χ0) is 17.6. The van der Waals surface area contributed by atoms with Crippen molar-refractivity contribution < 1.29 is 13.5 Å². The van der Waals surface area contributed by atoms with Gasteiger partial charge in [-0.2, -0.15) is 13.8 Å². The van der Waals surface area contributed by atoms with E-state index in [9.17, 15) is 8.78 Å². The van der Waals surface area contributed by atoms with Gasteiger partial charge in [0, 0.05) is 30.9 Å². The maximum atomic E-state index is 13.4. The van der Waals surface area contributed by atoms with E-state index in [1.807, 2.05) is 5.38 Å². The summed E-state index contributed by atoms with van der Waals surface area (Å²) in [6.45, 7) is 4.15. The van der Waals surface area contributed by atoms with Crippen LogP contribution in [0.1, 0.15) is 12.5 Å². The van der Waals surface area contributed by atoms with E-state index in [-0.39, 0.29) is 17.9 Å². The van der Waals surface area contributed by atoms with Crippen molar-refractivity contribution in [1.29, 1.82) is 0 Å². The molecule has 0 aliphatic carbocycles. The van der Waals surface area contributed by atoms with Gasteiger partial charge in [-0.15, -0.1) is 11.3 Å². The fourth-order valence-electron chi connectivity index (χ4n) is 3.19. The number of fused-ring (bicyclic) bond motifs is 1. The molecule has 9 heteroatoms. The van der Waals surface area contributed by atoms with Crippen molar-refractivity contribution >= 4 is 39.0 Å². The highest BCUT2D eigenvalue weighted by Crippen LogP contribution is 2.36. The molecule has 1 fully saturated rings. The van der Waals surface area contributed by atoms with Crippen molar-refractivity contribution in [3.05, 3.63) is 28.5 Å². The minimum Gasteiger partial charge on any atom is -0.377 e. The Hall–Kier alpha value is -1.51. The lowest BCUT2D eigenvalue weighted by molar-refractivity contribution is 0.0432. The molecule has 0 amide bonds. The molecule has 0 spiro atoms. The van der Waals surface area contributed by atoms with Gasteiger partial charge >= 0.3 is 0 Å². The predicted molar refractivity (Wildman–Crippen MR) is 94.5 cm³/mol. The van der Waals surface area contributed by atoms with Crippen molar-refractivity contribution in [3.8, 4) is 0 Å². The first-order valence-electron chi connectivity index (χ1n) is 8.02. The van der Waals surface area contributed by atoms with Gasteiger partial charge in [0.05, 0.1) is 36.0 Å². The first-order valence-corrected chi connectivity index (χ1v) is 9.28. The minimum absolute atomic E-state index is 0.170. The molecule has 2 aromatic rings. The van der Waals surface area contributed by atoms with Gasteiger partial charge in [0.15, 0.2) is 5.82 Å². The van der Waals surface area contributed by atoms with Crippen LogP contribution in [-0.2, 0) is 11.3 Å². The first kappa shape index (κ1) is 16.9. The standard InChI is InChI=1S/C16H17ClF2N4OS/c1-10-7-24-5-4-23(10)14-13-12(20-15(17)21-14)11(8-25-13)6-22-3-2-16(18,19)9-22/h2-3,8,10H,4-7,9H2,1H3/t10-/m1/s1. The van der Waals surface area contributed by atoms with Crippen LogP contribution in [0.4, 0.5) is 14.6 Å². The molecule has 0 unspecified atom stereocenters. The highest BCUT2D eigenvalue weighted by molar-refractivity contribution is 7.18. The predicted octanol–water partition coefficient (Wildman–Crippen LogP) is 3.53. The van der Waals surface area contributed by atoms with Gasteiger partial charge in [0.25, 0.3) is 5.92 Å². The maximum absolute atomic E-state index is 13.4. The second-order valence-electron chi connectivity index (χ2n) is 6.35. The van der Waals surface area contributed by atoms with Crippen LogP contribution in [0.3, 0.4) is 0 Å². The number of halogens is 3. The van der Waals surface area contributed by atoms with Gasteiger partial charge in [0.1, 0.15) is 0 Å². The Balaban J connectivity index is 1.68. The summed E-state index contributed by atoms with van der Waals surface area (Å²) in [7, 11) is 0. The lowest BCUT2D eigenvalue weighted by atomic mass is 10.2. The number of morpholine rings is 1. The lowest BCUT2D eigenvalue weighted by Crippen LogP contribution is -2.44. The molecule has 1 atom stereocenters. The maximum Gasteiger partial charge on any atom is 0.285 e. The van der Waals surface area contributed by atoms with Gasteiger partial charge in [-0.1, -0.05) is 0 Å². The quantitative estimate of drug-likeness (QED) is 0.755. The second kappa shape index (κ2) is 6.34. The summed E-state index contributed by atoms with van der Waals surface area (Å²) in [6, 6.07) is 0.189. The summed E-state index contributed by atoms with van der Waals surface area (Å²) in [4.78, 5) is 12.6. The summed E-state index contributed by atoms with van der Waals surface area (Å²) in [6.07, 6.45) is 2.38. The Labute approximate surface area is 152 Å². The van der Waals surface area contributed by atoms with Crippen LogP contribution in [-0.4, -0.2) is 53.1 Å². The van der Waals surface area contributed by atoms with Crippen molar-refractivity contribution in [1.82, 2.24) is 14.9 Å². The highest BCUT2D eigenvalue weighted by atomic mass is 35.5. The van der Waals surface area contributed by atoms with E-state index in [1.165, 1.54) is 17.5 Å². The average molecular weight is 387 g/mol. The van der Waals surface area contributed by atoms with Crippen molar-refractivity contribution in [2.24, 2.45) is 0 Å². The van der Waals surface area contributed by atoms with Crippen LogP contribution in [0.2, 0.25) is 5.28 Å². The number of aromatic nitrogens is 2. The number of hydrogen-bond acceptors (Lipinski definition) is 6. The summed E-state index contributed by atoms with van der Waals surface area (Å²) < 4.78 is 33.1. The number of alkyl halides is 2. The van der Waals surface area contributed by atoms with Crippen LogP contribution < -0.4 is 4.90 Å². The Kier molecular flexibility index (Phi) is 4.29. The van der Waals surface area contributed by atoms with Crippen LogP contribution in [0.5, 0.6) is 0 Å². The fraction of sp³-hybridized carbons (Fsp3) is 0.500. The van der Waals surface area contributed by atoms with E-state index in [0.717, 1.165) is 34.2 Å². The number of ether oxygens (including phenoxy) is 1. The first-order chi connectivity index (χ1) is 11.9. The summed E-state index contributed by atoms with van der Waals surface area (Å²) in [5, 5.41) is 2.12. The zero-order valence-corrected chi connectivity index (χ0v) is 15.2. The summed E-state index contributed by atoms with van der Waals surface area (Å²) in [5.41, 5.74) is 1.62. The van der Waals surface area contributed by atoms with Crippen molar-refractivity contribution in [2.45, 2.75) is 25.4 Å². The number of thiophene rings is 1. The Morgan fingerprint density at radius 1 is 1.44 bits per heavy atom. The summed E-state index contributed by atoms with van der Waals surface area (Å²) in [5.74, 6) is -1.98. The van der Waals surface area contributed by atoms with E-state index in [0.29, 0.717) is 19.8 Å². The van der Waals surface area contributed by atoms with Gasteiger partial charge in [-0.05, 0) is 23.9 Å². The van der Waals surface area contributed by atoms with E-state index in [2.05, 4.69) is 21.8 Å². The molecule has 5 nitrogen and oxygen atoms in total. The largest absolute Gasteiger partial charge is 0.377 e. The van der Waals surface area contributed by atoms with E-state index < -0.39 is 5.92 Å². The molecule has 0 N–H and O–H groups in total. The van der Waals surface area contributed by atoms with Crippen LogP contribution >= 0.6 is 22.9 Å². The van der Waals surface area contributed by atoms with E-state index in [4.69, 9.17) is 16.3 Å². The molecule has 0 aromatic carbocycles. The highest BCUT2D eigenvalue weighted by Gasteiger charge is 2.33. The molecule has 4 rings (SSSR count). The third-order valence-corrected chi connectivity index (χ3v) is 5.58. The fourth-order valence-corrected chi connectivity index (χ4v) is 4.36. The summed E-state index contributed by atoms with van der Waals surface area (Å²) >= 11 is 7.68. The molecule has 2 aliphatic heterocycles. The molecule has 2 aromatic heterocycles. The molecule has 0 radical (unpaired) electrons. The average Bonchev–Trinajstić information content (AvgIpc) is 3.11. The monoisotopic (exact) mass is 386 g/mol. The Morgan fingerprint density at radius 2 is 2.28 bits per heavy atom. The Morgan fingerprint density at radius 3 is 3.00 bits per heavy atom. The zero-order valence-electron chi connectivity index (χ0n) is 13.6. The lowest BCUT2D eigenvalue weighted by Gasteiger charge is -2.34. The van der Waals surface area contributed by atoms with Crippen LogP contribution in [0, 0.1) is 0 Å². The molecule has 25 heavy (non-hydrogen) atoms. The normalized spacial score (nSPS) is 23.0. The molecule has 134 valence electrons. The number of rotatable bonds is 3. The van der Waals surface area contributed by atoms with Crippen molar-refractivity contribution in [2.75, 3.05) is 31.2 Å². The number of anilines is 1. The topological polar surface area (TPSA) is 41.5 Å². The Bertz CT molecular complexity index is 828. The van der Waals surface area contributed by atoms with E-state index >= 15 is 0 Å². The molecule has 2 aliphatic rings. The molecule has 1 saturated heterocycles. The third-order valence-electron chi connectivity index (χ3n) is 4.40. The van der Waals surface area contributed by atoms with Gasteiger partial charge in [-0.3, -0.25) is 0 Å². The molecule has 0 bridgehead atoms. The molecule has 4 heterocycles. The van der Waals surface area contributed by atoms with E-state index in [1.54, 1.807) is 4.90 Å². The van der Waals surface area contributed by atoms with Crippen molar-refractivity contribution in [3.63, 3.8) is 0 Å². The molecular formula is C16H17ClF2N4OS. The minimum atomic E-state index is -2.77. The third kappa shape index (κ3) is 3.30. The SMILES string of the molecule is C[C@@H]1COCCN1c1nc(Cl)nc2c(CN3C=CC(F)(F)C3)csc12. The number of nitrogens with zero attached hydrogens (tertiary/aromatic N) is 4. The second-order valence-corrected chi connectivity index (χ2v) is 7.57. The van der Waals surface area contributed by atoms with Gasteiger partial charge < -0.3 is 14.5 Å².